The van der Waals surface area contributed by atoms with Crippen molar-refractivity contribution in [1.29, 1.82) is 0 Å². The Morgan fingerprint density at radius 2 is 1.39 bits per heavy atom. The van der Waals surface area contributed by atoms with Crippen molar-refractivity contribution in [1.82, 2.24) is 14.5 Å². The molecule has 3 heterocycles. The molecule has 18 heavy (non-hydrogen) atoms. The van der Waals surface area contributed by atoms with Crippen LogP contribution in [0.1, 0.15) is 0 Å². The lowest BCUT2D eigenvalue weighted by Gasteiger charge is -2.04. The highest BCUT2D eigenvalue weighted by Crippen LogP contribution is 2.32. The maximum Gasteiger partial charge on any atom is 0.0817 e. The second-order valence-corrected chi connectivity index (χ2v) is 4.55. The molecule has 0 aliphatic heterocycles. The molecule has 0 spiro atoms. The van der Waals surface area contributed by atoms with Gasteiger partial charge in [0.05, 0.1) is 11.0 Å². The van der Waals surface area contributed by atoms with Crippen molar-refractivity contribution in [2.75, 3.05) is 0 Å². The molecule has 0 radical (unpaired) electrons. The molecule has 4 aromatic rings. The number of aryl methyl sites for hydroxylation is 1. The monoisotopic (exact) mass is 233 g/mol. The molecule has 0 fully saturated rings. The maximum atomic E-state index is 4.52. The fourth-order valence-corrected chi connectivity index (χ4v) is 2.64. The Balaban J connectivity index is 2.45. The number of pyridine rings is 2. The van der Waals surface area contributed by atoms with Gasteiger partial charge in [-0.2, -0.15) is 0 Å². The van der Waals surface area contributed by atoms with Gasteiger partial charge < -0.3 is 4.57 Å². The van der Waals surface area contributed by atoms with E-state index in [9.17, 15) is 0 Å². The predicted octanol–water partition coefficient (Wildman–Crippen LogP) is 3.27. The minimum absolute atomic E-state index is 1.03. The van der Waals surface area contributed by atoms with E-state index in [0.29, 0.717) is 0 Å². The number of rotatable bonds is 0. The quantitative estimate of drug-likeness (QED) is 0.436. The first kappa shape index (κ1) is 9.59. The van der Waals surface area contributed by atoms with Gasteiger partial charge in [0.2, 0.25) is 0 Å². The van der Waals surface area contributed by atoms with Crippen LogP contribution >= 0.6 is 0 Å². The predicted molar refractivity (Wildman–Crippen MR) is 73.5 cm³/mol. The van der Waals surface area contributed by atoms with Crippen molar-refractivity contribution in [3.63, 3.8) is 0 Å². The zero-order chi connectivity index (χ0) is 12.1. The molecule has 0 amide bonds. The Kier molecular flexibility index (Phi) is 1.75. The fourth-order valence-electron chi connectivity index (χ4n) is 2.64. The van der Waals surface area contributed by atoms with Crippen LogP contribution in [0.3, 0.4) is 0 Å². The summed E-state index contributed by atoms with van der Waals surface area (Å²) >= 11 is 0. The van der Waals surface area contributed by atoms with E-state index in [4.69, 9.17) is 0 Å². The second kappa shape index (κ2) is 3.29. The minimum Gasteiger partial charge on any atom is -0.356 e. The van der Waals surface area contributed by atoms with E-state index in [-0.39, 0.29) is 0 Å². The van der Waals surface area contributed by atoms with Crippen LogP contribution in [0.15, 0.2) is 49.1 Å². The topological polar surface area (TPSA) is 30.7 Å². The minimum atomic E-state index is 1.03. The van der Waals surface area contributed by atoms with Crippen LogP contribution in [0.5, 0.6) is 0 Å². The first-order valence-electron chi connectivity index (χ1n) is 5.92. The number of nitrogens with zero attached hydrogens (tertiary/aromatic N) is 3. The Bertz CT molecular complexity index is 817. The third-order valence-corrected chi connectivity index (χ3v) is 3.37. The second-order valence-electron chi connectivity index (χ2n) is 4.55. The first-order valence-corrected chi connectivity index (χ1v) is 5.92. The standard InChI is InChI=1S/C15H11N3/c1-18-8-12-10-4-2-6-16-14(10)11-5-3-7-17-15(11)13(12)9-18/h2-9H,1H3. The highest BCUT2D eigenvalue weighted by Gasteiger charge is 2.10. The molecule has 1 aromatic carbocycles. The van der Waals surface area contributed by atoms with E-state index in [1.807, 2.05) is 31.6 Å². The van der Waals surface area contributed by atoms with Crippen molar-refractivity contribution in [3.05, 3.63) is 49.1 Å². The molecular weight excluding hydrogens is 222 g/mol. The molecular formula is C15H11N3. The van der Waals surface area contributed by atoms with Gasteiger partial charge in [-0.1, -0.05) is 6.07 Å². The van der Waals surface area contributed by atoms with E-state index in [0.717, 1.165) is 16.4 Å². The number of fused-ring (bicyclic) bond motifs is 6. The summed E-state index contributed by atoms with van der Waals surface area (Å²) in [6.45, 7) is 0. The van der Waals surface area contributed by atoms with Crippen LogP contribution in [0, 0.1) is 0 Å². The smallest absolute Gasteiger partial charge is 0.0817 e. The molecule has 0 N–H and O–H groups in total. The Morgan fingerprint density at radius 1 is 0.778 bits per heavy atom. The number of hydrogen-bond donors (Lipinski definition) is 0. The lowest BCUT2D eigenvalue weighted by atomic mass is 10.0. The van der Waals surface area contributed by atoms with E-state index in [2.05, 4.69) is 39.1 Å². The normalized spacial score (nSPS) is 11.6. The van der Waals surface area contributed by atoms with Crippen molar-refractivity contribution in [3.8, 4) is 0 Å². The van der Waals surface area contributed by atoms with Crippen LogP contribution in [0.25, 0.3) is 32.6 Å². The van der Waals surface area contributed by atoms with Crippen LogP contribution in [-0.2, 0) is 7.05 Å². The van der Waals surface area contributed by atoms with Crippen molar-refractivity contribution < 1.29 is 0 Å². The summed E-state index contributed by atoms with van der Waals surface area (Å²) in [6.07, 6.45) is 7.93. The van der Waals surface area contributed by atoms with Gasteiger partial charge in [-0.25, -0.2) is 0 Å². The SMILES string of the molecule is Cn1cc2c3cccnc3c3cccnc3c2c1. The summed E-state index contributed by atoms with van der Waals surface area (Å²) in [4.78, 5) is 9.04. The van der Waals surface area contributed by atoms with Gasteiger partial charge in [-0.15, -0.1) is 0 Å². The Morgan fingerprint density at radius 3 is 2.17 bits per heavy atom. The Hall–Kier alpha value is -2.42. The van der Waals surface area contributed by atoms with E-state index < -0.39 is 0 Å². The zero-order valence-corrected chi connectivity index (χ0v) is 9.96. The largest absolute Gasteiger partial charge is 0.356 e. The maximum absolute atomic E-state index is 4.52. The van der Waals surface area contributed by atoms with E-state index >= 15 is 0 Å². The molecule has 0 bridgehead atoms. The van der Waals surface area contributed by atoms with Crippen molar-refractivity contribution in [2.45, 2.75) is 0 Å². The molecule has 0 aliphatic carbocycles. The molecule has 0 saturated carbocycles. The molecule has 0 atom stereocenters. The van der Waals surface area contributed by atoms with Gasteiger partial charge >= 0.3 is 0 Å². The van der Waals surface area contributed by atoms with Crippen molar-refractivity contribution >= 4 is 32.6 Å². The summed E-state index contributed by atoms with van der Waals surface area (Å²) in [7, 11) is 2.04. The highest BCUT2D eigenvalue weighted by atomic mass is 14.9. The van der Waals surface area contributed by atoms with Crippen LogP contribution < -0.4 is 0 Å². The fraction of sp³-hybridized carbons (Fsp3) is 0.0667. The van der Waals surface area contributed by atoms with Gasteiger partial charge in [-0.3, -0.25) is 9.97 Å². The summed E-state index contributed by atoms with van der Waals surface area (Å²) in [6, 6.07) is 8.16. The molecule has 3 aromatic heterocycles. The van der Waals surface area contributed by atoms with Crippen molar-refractivity contribution in [2.24, 2.45) is 7.05 Å². The third kappa shape index (κ3) is 1.13. The average molecular weight is 233 g/mol. The highest BCUT2D eigenvalue weighted by molar-refractivity contribution is 6.22. The summed E-state index contributed by atoms with van der Waals surface area (Å²) in [5.41, 5.74) is 2.05. The van der Waals surface area contributed by atoms with Crippen LogP contribution in [-0.4, -0.2) is 14.5 Å². The molecule has 3 heteroatoms. The third-order valence-electron chi connectivity index (χ3n) is 3.37. The lowest BCUT2D eigenvalue weighted by Crippen LogP contribution is -1.84. The van der Waals surface area contributed by atoms with Crippen LogP contribution in [0.4, 0.5) is 0 Å². The summed E-state index contributed by atoms with van der Waals surface area (Å²) < 4.78 is 2.07. The van der Waals surface area contributed by atoms with Crippen LogP contribution in [0.2, 0.25) is 0 Å². The van der Waals surface area contributed by atoms with Gasteiger partial charge in [0.1, 0.15) is 0 Å². The average Bonchev–Trinajstić information content (AvgIpc) is 2.81. The number of benzene rings is 1. The Labute approximate surface area is 104 Å². The van der Waals surface area contributed by atoms with Gasteiger partial charge in [0.15, 0.2) is 0 Å². The molecule has 86 valence electrons. The number of hydrogen-bond acceptors (Lipinski definition) is 2. The molecule has 0 aliphatic rings. The lowest BCUT2D eigenvalue weighted by molar-refractivity contribution is 0.934. The molecule has 0 unspecified atom stereocenters. The zero-order valence-electron chi connectivity index (χ0n) is 9.96. The first-order chi connectivity index (χ1) is 8.84. The van der Waals surface area contributed by atoms with Gasteiger partial charge in [0.25, 0.3) is 0 Å². The summed E-state index contributed by atoms with van der Waals surface area (Å²) in [5.74, 6) is 0. The molecule has 4 rings (SSSR count). The number of aromatic nitrogens is 3. The molecule has 0 saturated heterocycles. The molecule has 3 nitrogen and oxygen atoms in total. The summed E-state index contributed by atoms with van der Waals surface area (Å²) in [5, 5.41) is 4.71. The van der Waals surface area contributed by atoms with Gasteiger partial charge in [-0.05, 0) is 18.2 Å². The van der Waals surface area contributed by atoms with E-state index in [1.54, 1.807) is 0 Å². The van der Waals surface area contributed by atoms with E-state index in [1.165, 1.54) is 16.2 Å². The van der Waals surface area contributed by atoms with Gasteiger partial charge in [0, 0.05) is 53.4 Å².